The van der Waals surface area contributed by atoms with Crippen LogP contribution in [0.4, 0.5) is 0 Å². The molecule has 0 heterocycles. The Morgan fingerprint density at radius 2 is 2.17 bits per heavy atom. The number of nitrogens with two attached hydrogens (primary N) is 1. The summed E-state index contributed by atoms with van der Waals surface area (Å²) in [5.41, 5.74) is 5.27. The van der Waals surface area contributed by atoms with Crippen LogP contribution in [0.3, 0.4) is 0 Å². The van der Waals surface area contributed by atoms with E-state index >= 15 is 0 Å². The van der Waals surface area contributed by atoms with Crippen molar-refractivity contribution in [3.8, 4) is 0 Å². The van der Waals surface area contributed by atoms with Gasteiger partial charge in [0.15, 0.2) is 0 Å². The van der Waals surface area contributed by atoms with Gasteiger partial charge in [-0.15, -0.1) is 6.58 Å². The molecule has 0 aromatic carbocycles. The Morgan fingerprint density at radius 1 is 1.58 bits per heavy atom. The van der Waals surface area contributed by atoms with E-state index in [1.54, 1.807) is 0 Å². The van der Waals surface area contributed by atoms with E-state index in [0.29, 0.717) is 0 Å². The first-order chi connectivity index (χ1) is 5.67. The molecule has 0 radical (unpaired) electrons. The summed E-state index contributed by atoms with van der Waals surface area (Å²) < 4.78 is 0. The Balaban J connectivity index is 4.22. The lowest BCUT2D eigenvalue weighted by Crippen LogP contribution is -2.28. The summed E-state index contributed by atoms with van der Waals surface area (Å²) in [6, 6.07) is 0. The lowest BCUT2D eigenvalue weighted by molar-refractivity contribution is -0.123. The van der Waals surface area contributed by atoms with Crippen molar-refractivity contribution in [1.82, 2.24) is 0 Å². The quantitative estimate of drug-likeness (QED) is 0.608. The Hall–Kier alpha value is -0.790. The zero-order chi connectivity index (χ0) is 9.56. The summed E-state index contributed by atoms with van der Waals surface area (Å²) in [5, 5.41) is 0. The minimum absolute atomic E-state index is 0.0255. The van der Waals surface area contributed by atoms with Crippen LogP contribution in [-0.2, 0) is 4.79 Å². The third-order valence-electron chi connectivity index (χ3n) is 2.25. The highest BCUT2D eigenvalue weighted by atomic mass is 16.1. The number of hydrogen-bond acceptors (Lipinski definition) is 1. The van der Waals surface area contributed by atoms with Crippen LogP contribution in [-0.4, -0.2) is 5.91 Å². The molecule has 2 heteroatoms. The molecule has 0 aliphatic carbocycles. The predicted molar refractivity (Wildman–Crippen MR) is 51.6 cm³/mol. The van der Waals surface area contributed by atoms with Crippen LogP contribution in [0, 0.1) is 11.8 Å². The zero-order valence-electron chi connectivity index (χ0n) is 8.05. The average molecular weight is 169 g/mol. The van der Waals surface area contributed by atoms with Crippen molar-refractivity contribution in [2.24, 2.45) is 17.6 Å². The molecule has 0 bridgehead atoms. The summed E-state index contributed by atoms with van der Waals surface area (Å²) in [4.78, 5) is 11.0. The number of carbonyl (C=O) groups is 1. The molecule has 2 nitrogen and oxygen atoms in total. The van der Waals surface area contributed by atoms with Gasteiger partial charge in [-0.05, 0) is 18.8 Å². The second-order valence-corrected chi connectivity index (χ2v) is 3.11. The molecule has 0 aromatic rings. The predicted octanol–water partition coefficient (Wildman–Crippen LogP) is 2.10. The average Bonchev–Trinajstić information content (AvgIpc) is 2.03. The second kappa shape index (κ2) is 5.81. The van der Waals surface area contributed by atoms with Crippen molar-refractivity contribution >= 4 is 5.91 Å². The van der Waals surface area contributed by atoms with Gasteiger partial charge in [-0.25, -0.2) is 0 Å². The molecule has 0 spiro atoms. The van der Waals surface area contributed by atoms with Gasteiger partial charge in [0.1, 0.15) is 0 Å². The van der Waals surface area contributed by atoms with Crippen molar-refractivity contribution in [3.05, 3.63) is 12.7 Å². The van der Waals surface area contributed by atoms with Crippen molar-refractivity contribution in [2.75, 3.05) is 0 Å². The van der Waals surface area contributed by atoms with E-state index in [9.17, 15) is 4.79 Å². The van der Waals surface area contributed by atoms with Gasteiger partial charge in [-0.2, -0.15) is 0 Å². The summed E-state index contributed by atoms with van der Waals surface area (Å²) in [6.07, 6.45) is 4.74. The lowest BCUT2D eigenvalue weighted by atomic mass is 9.86. The van der Waals surface area contributed by atoms with Gasteiger partial charge in [0, 0.05) is 5.92 Å². The first-order valence-electron chi connectivity index (χ1n) is 4.59. The lowest BCUT2D eigenvalue weighted by Gasteiger charge is -2.19. The summed E-state index contributed by atoms with van der Waals surface area (Å²) >= 11 is 0. The van der Waals surface area contributed by atoms with E-state index in [1.807, 2.05) is 13.0 Å². The molecule has 2 atom stereocenters. The Labute approximate surface area is 74.8 Å². The summed E-state index contributed by atoms with van der Waals surface area (Å²) in [5.74, 6) is 0.0378. The van der Waals surface area contributed by atoms with Crippen LogP contribution in [0.15, 0.2) is 12.7 Å². The number of hydrogen-bond donors (Lipinski definition) is 1. The monoisotopic (exact) mass is 169 g/mol. The third-order valence-corrected chi connectivity index (χ3v) is 2.25. The summed E-state index contributed by atoms with van der Waals surface area (Å²) in [6.45, 7) is 7.81. The van der Waals surface area contributed by atoms with Gasteiger partial charge in [0.2, 0.25) is 5.91 Å². The van der Waals surface area contributed by atoms with Crippen molar-refractivity contribution in [1.29, 1.82) is 0 Å². The minimum atomic E-state index is -0.198. The van der Waals surface area contributed by atoms with E-state index in [1.165, 1.54) is 0 Å². The smallest absolute Gasteiger partial charge is 0.221 e. The van der Waals surface area contributed by atoms with E-state index < -0.39 is 0 Å². The van der Waals surface area contributed by atoms with Crippen LogP contribution in [0.2, 0.25) is 0 Å². The van der Waals surface area contributed by atoms with Gasteiger partial charge in [-0.1, -0.05) is 26.3 Å². The molecule has 0 saturated heterocycles. The maximum absolute atomic E-state index is 11.0. The van der Waals surface area contributed by atoms with E-state index in [0.717, 1.165) is 19.3 Å². The molecule has 0 saturated carbocycles. The van der Waals surface area contributed by atoms with Crippen LogP contribution >= 0.6 is 0 Å². The Bertz CT molecular complexity index is 154. The largest absolute Gasteiger partial charge is 0.369 e. The Morgan fingerprint density at radius 3 is 2.42 bits per heavy atom. The van der Waals surface area contributed by atoms with Crippen LogP contribution in [0.1, 0.15) is 33.1 Å². The highest BCUT2D eigenvalue weighted by Crippen LogP contribution is 2.21. The van der Waals surface area contributed by atoms with E-state index in [-0.39, 0.29) is 17.7 Å². The highest BCUT2D eigenvalue weighted by Gasteiger charge is 2.20. The molecule has 1 amide bonds. The molecule has 0 aliphatic heterocycles. The Kier molecular flexibility index (Phi) is 5.43. The van der Waals surface area contributed by atoms with Crippen LogP contribution in [0.25, 0.3) is 0 Å². The first-order valence-corrected chi connectivity index (χ1v) is 4.59. The molecule has 0 fully saturated rings. The minimum Gasteiger partial charge on any atom is -0.369 e. The van der Waals surface area contributed by atoms with Gasteiger partial charge in [0.25, 0.3) is 0 Å². The molecule has 12 heavy (non-hydrogen) atoms. The van der Waals surface area contributed by atoms with Crippen molar-refractivity contribution in [3.63, 3.8) is 0 Å². The molecular weight excluding hydrogens is 150 g/mol. The van der Waals surface area contributed by atoms with Crippen molar-refractivity contribution in [2.45, 2.75) is 33.1 Å². The van der Waals surface area contributed by atoms with Gasteiger partial charge in [-0.3, -0.25) is 4.79 Å². The third kappa shape index (κ3) is 3.07. The fourth-order valence-corrected chi connectivity index (χ4v) is 1.53. The highest BCUT2D eigenvalue weighted by molar-refractivity contribution is 5.77. The maximum Gasteiger partial charge on any atom is 0.221 e. The zero-order valence-corrected chi connectivity index (χ0v) is 8.05. The van der Waals surface area contributed by atoms with Crippen LogP contribution in [0.5, 0.6) is 0 Å². The number of carbonyl (C=O) groups excluding carboxylic acids is 1. The maximum atomic E-state index is 11.0. The van der Waals surface area contributed by atoms with Crippen LogP contribution < -0.4 is 5.73 Å². The van der Waals surface area contributed by atoms with Crippen molar-refractivity contribution < 1.29 is 4.79 Å². The fraction of sp³-hybridized carbons (Fsp3) is 0.700. The number of primary amides is 1. The summed E-state index contributed by atoms with van der Waals surface area (Å²) in [7, 11) is 0. The molecule has 0 aromatic heterocycles. The molecular formula is C10H19NO. The van der Waals surface area contributed by atoms with E-state index in [4.69, 9.17) is 5.73 Å². The number of rotatable bonds is 6. The molecule has 2 unspecified atom stereocenters. The fourth-order valence-electron chi connectivity index (χ4n) is 1.53. The van der Waals surface area contributed by atoms with E-state index in [2.05, 4.69) is 13.5 Å². The molecule has 70 valence electrons. The normalized spacial score (nSPS) is 15.2. The molecule has 0 rings (SSSR count). The topological polar surface area (TPSA) is 43.1 Å². The molecule has 2 N–H and O–H groups in total. The van der Waals surface area contributed by atoms with Gasteiger partial charge in [0.05, 0.1) is 0 Å². The first kappa shape index (κ1) is 11.2. The number of amides is 1. The SMILES string of the molecule is C=CC(CCC)C(CC)C(N)=O. The molecule has 0 aliphatic rings. The van der Waals surface area contributed by atoms with Gasteiger partial charge < -0.3 is 5.73 Å². The van der Waals surface area contributed by atoms with Gasteiger partial charge >= 0.3 is 0 Å². The second-order valence-electron chi connectivity index (χ2n) is 3.11. The number of allylic oxidation sites excluding steroid dienone is 1. The standard InChI is InChI=1S/C10H19NO/c1-4-7-8(5-2)9(6-3)10(11)12/h5,8-9H,2,4,6-7H2,1,3H3,(H2,11,12).